The van der Waals surface area contributed by atoms with Crippen LogP contribution in [0.2, 0.25) is 10.0 Å². The summed E-state index contributed by atoms with van der Waals surface area (Å²) in [6.07, 6.45) is 0. The second-order valence-electron chi connectivity index (χ2n) is 3.65. The normalized spacial score (nSPS) is 9.79. The molecule has 0 amide bonds. The molecule has 0 unspecified atom stereocenters. The minimum absolute atomic E-state index is 0.390. The predicted octanol–water partition coefficient (Wildman–Crippen LogP) is 4.67. The Labute approximate surface area is 120 Å². The van der Waals surface area contributed by atoms with Gasteiger partial charge in [-0.25, -0.2) is 0 Å². The van der Waals surface area contributed by atoms with Crippen LogP contribution in [0.25, 0.3) is 0 Å². The molecule has 0 fully saturated rings. The van der Waals surface area contributed by atoms with Crippen molar-refractivity contribution in [2.75, 3.05) is 7.11 Å². The summed E-state index contributed by atoms with van der Waals surface area (Å²) in [6.45, 7) is 0. The Morgan fingerprint density at radius 2 is 1.79 bits per heavy atom. The number of hydrogen-bond donors (Lipinski definition) is 0. The lowest BCUT2D eigenvalue weighted by atomic mass is 10.2. The number of nitrogens with zero attached hydrogens (tertiary/aromatic N) is 1. The standard InChI is InChI=1S/C14H9Cl2NO2/c1-18-14-7-10(15)3-5-12(14)19-13-6-9(8-17)2-4-11(13)16/h2-7H,1H3. The van der Waals surface area contributed by atoms with E-state index in [4.69, 9.17) is 37.9 Å². The molecule has 0 aliphatic carbocycles. The summed E-state index contributed by atoms with van der Waals surface area (Å²) in [5, 5.41) is 9.82. The molecule has 0 saturated heterocycles. The average Bonchev–Trinajstić information content (AvgIpc) is 2.43. The highest BCUT2D eigenvalue weighted by Gasteiger charge is 2.09. The average molecular weight is 294 g/mol. The molecule has 0 bridgehead atoms. The van der Waals surface area contributed by atoms with Crippen molar-refractivity contribution in [3.63, 3.8) is 0 Å². The maximum atomic E-state index is 8.87. The van der Waals surface area contributed by atoms with Gasteiger partial charge in [0.25, 0.3) is 0 Å². The highest BCUT2D eigenvalue weighted by Crippen LogP contribution is 2.36. The lowest BCUT2D eigenvalue weighted by molar-refractivity contribution is 0.379. The van der Waals surface area contributed by atoms with Crippen LogP contribution in [0, 0.1) is 11.3 Å². The van der Waals surface area contributed by atoms with Crippen molar-refractivity contribution in [2.24, 2.45) is 0 Å². The highest BCUT2D eigenvalue weighted by molar-refractivity contribution is 6.32. The fraction of sp³-hybridized carbons (Fsp3) is 0.0714. The second-order valence-corrected chi connectivity index (χ2v) is 4.50. The molecule has 2 rings (SSSR count). The molecule has 3 nitrogen and oxygen atoms in total. The first-order valence-electron chi connectivity index (χ1n) is 5.35. The summed E-state index contributed by atoms with van der Waals surface area (Å²) >= 11 is 11.9. The number of nitriles is 1. The van der Waals surface area contributed by atoms with Gasteiger partial charge in [-0.15, -0.1) is 0 Å². The van der Waals surface area contributed by atoms with Gasteiger partial charge in [0.1, 0.15) is 5.75 Å². The molecular formula is C14H9Cl2NO2. The summed E-state index contributed by atoms with van der Waals surface area (Å²) in [5.41, 5.74) is 0.465. The zero-order chi connectivity index (χ0) is 13.8. The van der Waals surface area contributed by atoms with Gasteiger partial charge in [-0.05, 0) is 24.3 Å². The maximum Gasteiger partial charge on any atom is 0.169 e. The maximum absolute atomic E-state index is 8.87. The van der Waals surface area contributed by atoms with Crippen LogP contribution in [0.4, 0.5) is 0 Å². The zero-order valence-electron chi connectivity index (χ0n) is 9.98. The van der Waals surface area contributed by atoms with Gasteiger partial charge in [0.05, 0.1) is 23.8 Å². The molecule has 2 aromatic carbocycles. The first kappa shape index (κ1) is 13.5. The van der Waals surface area contributed by atoms with E-state index in [1.54, 1.807) is 36.4 Å². The van der Waals surface area contributed by atoms with Crippen molar-refractivity contribution in [1.82, 2.24) is 0 Å². The van der Waals surface area contributed by atoms with E-state index in [0.29, 0.717) is 32.9 Å². The van der Waals surface area contributed by atoms with Crippen LogP contribution in [-0.2, 0) is 0 Å². The van der Waals surface area contributed by atoms with E-state index in [2.05, 4.69) is 0 Å². The third-order valence-corrected chi connectivity index (χ3v) is 2.95. The number of halogens is 2. The van der Waals surface area contributed by atoms with E-state index in [1.807, 2.05) is 6.07 Å². The quantitative estimate of drug-likeness (QED) is 0.826. The van der Waals surface area contributed by atoms with E-state index >= 15 is 0 Å². The second kappa shape index (κ2) is 5.83. The lowest BCUT2D eigenvalue weighted by Gasteiger charge is -2.11. The van der Waals surface area contributed by atoms with E-state index in [0.717, 1.165) is 0 Å². The number of hydrogen-bond acceptors (Lipinski definition) is 3. The molecule has 0 saturated carbocycles. The summed E-state index contributed by atoms with van der Waals surface area (Å²) in [5.74, 6) is 1.36. The molecule has 96 valence electrons. The Balaban J connectivity index is 2.39. The molecular weight excluding hydrogens is 285 g/mol. The van der Waals surface area contributed by atoms with Crippen LogP contribution in [0.1, 0.15) is 5.56 Å². The SMILES string of the molecule is COc1cc(Cl)ccc1Oc1cc(C#N)ccc1Cl. The summed E-state index contributed by atoms with van der Waals surface area (Å²) in [4.78, 5) is 0. The Hall–Kier alpha value is -1.89. The fourth-order valence-electron chi connectivity index (χ4n) is 1.50. The predicted molar refractivity (Wildman–Crippen MR) is 74.2 cm³/mol. The third-order valence-electron chi connectivity index (χ3n) is 2.41. The minimum Gasteiger partial charge on any atom is -0.493 e. The molecule has 0 atom stereocenters. The van der Waals surface area contributed by atoms with Gasteiger partial charge in [-0.2, -0.15) is 5.26 Å². The highest BCUT2D eigenvalue weighted by atomic mass is 35.5. The van der Waals surface area contributed by atoms with Crippen molar-refractivity contribution < 1.29 is 9.47 Å². The fourth-order valence-corrected chi connectivity index (χ4v) is 1.81. The summed E-state index contributed by atoms with van der Waals surface area (Å²) < 4.78 is 10.8. The van der Waals surface area contributed by atoms with Gasteiger partial charge < -0.3 is 9.47 Å². The van der Waals surface area contributed by atoms with Gasteiger partial charge in [0, 0.05) is 17.2 Å². The van der Waals surface area contributed by atoms with Gasteiger partial charge in [-0.3, -0.25) is 0 Å². The van der Waals surface area contributed by atoms with E-state index in [9.17, 15) is 0 Å². The number of benzene rings is 2. The summed E-state index contributed by atoms with van der Waals surface area (Å²) in [7, 11) is 1.52. The molecule has 0 spiro atoms. The van der Waals surface area contributed by atoms with Crippen LogP contribution in [-0.4, -0.2) is 7.11 Å². The van der Waals surface area contributed by atoms with Gasteiger partial charge in [0.2, 0.25) is 0 Å². The van der Waals surface area contributed by atoms with E-state index in [-0.39, 0.29) is 0 Å². The van der Waals surface area contributed by atoms with Crippen molar-refractivity contribution in [3.8, 4) is 23.3 Å². The third kappa shape index (κ3) is 3.11. The number of methoxy groups -OCH3 is 1. The molecule has 19 heavy (non-hydrogen) atoms. The Kier molecular flexibility index (Phi) is 4.16. The molecule has 5 heteroatoms. The first-order chi connectivity index (χ1) is 9.13. The molecule has 0 N–H and O–H groups in total. The van der Waals surface area contributed by atoms with Crippen LogP contribution in [0.3, 0.4) is 0 Å². The van der Waals surface area contributed by atoms with Gasteiger partial charge in [-0.1, -0.05) is 23.2 Å². The zero-order valence-corrected chi connectivity index (χ0v) is 11.5. The molecule has 0 aliphatic heterocycles. The van der Waals surface area contributed by atoms with Crippen LogP contribution in [0.15, 0.2) is 36.4 Å². The van der Waals surface area contributed by atoms with Gasteiger partial charge in [0.15, 0.2) is 11.5 Å². The summed E-state index contributed by atoms with van der Waals surface area (Å²) in [6, 6.07) is 11.8. The lowest BCUT2D eigenvalue weighted by Crippen LogP contribution is -1.91. The van der Waals surface area contributed by atoms with E-state index in [1.165, 1.54) is 7.11 Å². The molecule has 0 aromatic heterocycles. The Morgan fingerprint density at radius 3 is 2.47 bits per heavy atom. The number of rotatable bonds is 3. The van der Waals surface area contributed by atoms with Crippen molar-refractivity contribution in [2.45, 2.75) is 0 Å². The van der Waals surface area contributed by atoms with Gasteiger partial charge >= 0.3 is 0 Å². The number of ether oxygens (including phenoxy) is 2. The largest absolute Gasteiger partial charge is 0.493 e. The smallest absolute Gasteiger partial charge is 0.169 e. The minimum atomic E-state index is 0.390. The first-order valence-corrected chi connectivity index (χ1v) is 6.10. The van der Waals surface area contributed by atoms with Crippen molar-refractivity contribution >= 4 is 23.2 Å². The topological polar surface area (TPSA) is 42.2 Å². The van der Waals surface area contributed by atoms with Crippen molar-refractivity contribution in [1.29, 1.82) is 5.26 Å². The Bertz CT molecular complexity index is 650. The van der Waals surface area contributed by atoms with Crippen LogP contribution in [0.5, 0.6) is 17.2 Å². The molecule has 0 heterocycles. The van der Waals surface area contributed by atoms with Crippen molar-refractivity contribution in [3.05, 3.63) is 52.0 Å². The molecule has 0 aliphatic rings. The molecule has 2 aromatic rings. The monoisotopic (exact) mass is 293 g/mol. The van der Waals surface area contributed by atoms with E-state index < -0.39 is 0 Å². The Morgan fingerprint density at radius 1 is 1.00 bits per heavy atom. The van der Waals surface area contributed by atoms with Crippen LogP contribution < -0.4 is 9.47 Å². The van der Waals surface area contributed by atoms with Crippen LogP contribution >= 0.6 is 23.2 Å². The molecule has 0 radical (unpaired) electrons.